The third-order valence-corrected chi connectivity index (χ3v) is 21.2. The van der Waals surface area contributed by atoms with Crippen molar-refractivity contribution in [3.63, 3.8) is 0 Å². The van der Waals surface area contributed by atoms with Gasteiger partial charge < -0.3 is 19.3 Å². The van der Waals surface area contributed by atoms with E-state index >= 15 is 0 Å². The molecule has 0 radical (unpaired) electrons. The van der Waals surface area contributed by atoms with Crippen LogP contribution in [0.25, 0.3) is 94.3 Å². The van der Waals surface area contributed by atoms with Gasteiger partial charge in [-0.2, -0.15) is 0 Å². The Hall–Kier alpha value is -12.4. The van der Waals surface area contributed by atoms with Crippen LogP contribution in [0, 0.1) is 0 Å². The number of hydrogen-bond donors (Lipinski definition) is 0. The van der Waals surface area contributed by atoms with Crippen molar-refractivity contribution in [1.29, 1.82) is 0 Å². The molecule has 0 spiro atoms. The molecule has 18 rings (SSSR count). The molecular formula is C102H85BN4. The van der Waals surface area contributed by atoms with Gasteiger partial charge in [0.1, 0.15) is 0 Å². The molecule has 0 saturated carbocycles. The Morgan fingerprint density at radius 1 is 0.290 bits per heavy atom. The maximum Gasteiger partial charge on any atom is 0.252 e. The Kier molecular flexibility index (Phi) is 12.9. The van der Waals surface area contributed by atoms with E-state index in [1.807, 2.05) is 83.4 Å². The molecule has 3 heterocycles. The van der Waals surface area contributed by atoms with E-state index in [9.17, 15) is 11.0 Å². The quantitative estimate of drug-likeness (QED) is 0.113. The summed E-state index contributed by atoms with van der Waals surface area (Å²) in [5.74, 6) is 0. The normalized spacial score (nSPS) is 14.5. The van der Waals surface area contributed by atoms with E-state index in [1.165, 1.54) is 0 Å². The first-order valence-corrected chi connectivity index (χ1v) is 36.6. The highest BCUT2D eigenvalue weighted by Gasteiger charge is 2.46. The molecule has 1 aromatic heterocycles. The Morgan fingerprint density at radius 2 is 0.757 bits per heavy atom. The first kappa shape index (κ1) is 52.5. The molecule has 0 saturated heterocycles. The third kappa shape index (κ3) is 12.0. The van der Waals surface area contributed by atoms with Gasteiger partial charge in [-0.05, 0) is 214 Å². The zero-order chi connectivity index (χ0) is 85.1. The van der Waals surface area contributed by atoms with Gasteiger partial charge in [0.2, 0.25) is 0 Å². The molecule has 2 aliphatic rings. The molecule has 4 nitrogen and oxygen atoms in total. The molecule has 0 fully saturated rings. The van der Waals surface area contributed by atoms with E-state index in [1.54, 1.807) is 41.3 Å². The minimum atomic E-state index is -0.658. The van der Waals surface area contributed by atoms with E-state index in [0.717, 1.165) is 111 Å². The molecule has 2 aliphatic heterocycles. The van der Waals surface area contributed by atoms with Gasteiger partial charge in [-0.25, -0.2) is 0 Å². The predicted molar refractivity (Wildman–Crippen MR) is 458 cm³/mol. The summed E-state index contributed by atoms with van der Waals surface area (Å²) in [6, 6.07) is 85.1. The van der Waals surface area contributed by atoms with E-state index in [4.69, 9.17) is 8.22 Å². The summed E-state index contributed by atoms with van der Waals surface area (Å²) in [5.41, 5.74) is 21.3. The van der Waals surface area contributed by atoms with E-state index in [-0.39, 0.29) is 62.6 Å². The highest BCUT2D eigenvalue weighted by Crippen LogP contribution is 2.54. The smallest absolute Gasteiger partial charge is 0.252 e. The number of aromatic nitrogens is 1. The first-order valence-electron chi connectivity index (χ1n) is 43.6. The Morgan fingerprint density at radius 3 is 1.33 bits per heavy atom. The molecule has 0 amide bonds. The fourth-order valence-electron chi connectivity index (χ4n) is 15.8. The molecule has 5 heteroatoms. The van der Waals surface area contributed by atoms with Crippen LogP contribution in [-0.2, 0) is 16.2 Å². The number of para-hydroxylation sites is 3. The fraction of sp³-hybridized carbons (Fsp3) is 0.118. The molecule has 16 aromatic rings. The number of hydrogen-bond acceptors (Lipinski definition) is 3. The van der Waals surface area contributed by atoms with Gasteiger partial charge in [0.05, 0.1) is 35.9 Å². The van der Waals surface area contributed by atoms with Crippen molar-refractivity contribution >= 4 is 96.1 Å². The molecule has 107 heavy (non-hydrogen) atoms. The number of anilines is 9. The van der Waals surface area contributed by atoms with Crippen LogP contribution in [0.4, 0.5) is 51.2 Å². The minimum absolute atomic E-state index is 0.0456. The van der Waals surface area contributed by atoms with Crippen LogP contribution in [0.1, 0.15) is 98.2 Å². The van der Waals surface area contributed by atoms with Crippen molar-refractivity contribution in [3.05, 3.63) is 368 Å². The summed E-state index contributed by atoms with van der Waals surface area (Å²) in [7, 11) is 0. The zero-order valence-corrected chi connectivity index (χ0v) is 61.3. The van der Waals surface area contributed by atoms with Gasteiger partial charge in [0, 0.05) is 73.1 Å². The summed E-state index contributed by atoms with van der Waals surface area (Å²) in [6.45, 7) is 19.5. The predicted octanol–water partition coefficient (Wildman–Crippen LogP) is 26.2. The second-order valence-electron chi connectivity index (χ2n) is 31.2. The lowest BCUT2D eigenvalue weighted by molar-refractivity contribution is 0.569. The van der Waals surface area contributed by atoms with Gasteiger partial charge in [-0.15, -0.1) is 0 Å². The van der Waals surface area contributed by atoms with Crippen molar-refractivity contribution < 1.29 is 19.2 Å². The lowest BCUT2D eigenvalue weighted by atomic mass is 9.33. The zero-order valence-electron chi connectivity index (χ0n) is 75.3. The third-order valence-electron chi connectivity index (χ3n) is 21.2. The maximum atomic E-state index is 10.2. The van der Waals surface area contributed by atoms with Crippen LogP contribution < -0.4 is 31.1 Å². The second kappa shape index (κ2) is 26.3. The molecular weight excluding hydrogens is 1290 g/mol. The molecule has 0 unspecified atom stereocenters. The van der Waals surface area contributed by atoms with Crippen molar-refractivity contribution in [2.45, 2.75) is 78.6 Å². The number of rotatable bonds is 12. The van der Waals surface area contributed by atoms with Crippen molar-refractivity contribution in [2.75, 3.05) is 14.7 Å². The topological polar surface area (TPSA) is 14.7 Å². The molecule has 0 bridgehead atoms. The Bertz CT molecular complexity index is 6750. The van der Waals surface area contributed by atoms with Crippen molar-refractivity contribution in [2.24, 2.45) is 0 Å². The summed E-state index contributed by atoms with van der Waals surface area (Å²) >= 11 is 0. The number of benzene rings is 15. The monoisotopic (exact) mass is 1390 g/mol. The molecule has 15 aromatic carbocycles. The molecule has 0 N–H and O–H groups in total. The molecule has 516 valence electrons. The van der Waals surface area contributed by atoms with Gasteiger partial charge in [0.15, 0.2) is 0 Å². The summed E-state index contributed by atoms with van der Waals surface area (Å²) in [4.78, 5) is 6.37. The van der Waals surface area contributed by atoms with Gasteiger partial charge in [-0.3, -0.25) is 0 Å². The average Bonchev–Trinajstić information content (AvgIpc) is 1.65. The minimum Gasteiger partial charge on any atom is -0.311 e. The summed E-state index contributed by atoms with van der Waals surface area (Å²) in [5, 5.41) is 0.587. The number of nitrogens with zero attached hydrogens (tertiary/aromatic N) is 4. The Balaban J connectivity index is 1.03. The summed E-state index contributed by atoms with van der Waals surface area (Å²) in [6.07, 6.45) is 0. The maximum absolute atomic E-state index is 10.2. The van der Waals surface area contributed by atoms with Crippen molar-refractivity contribution in [1.82, 2.24) is 4.57 Å². The van der Waals surface area contributed by atoms with Crippen molar-refractivity contribution in [3.8, 4) is 72.4 Å². The lowest BCUT2D eigenvalue weighted by Crippen LogP contribution is -2.61. The van der Waals surface area contributed by atoms with Crippen LogP contribution >= 0.6 is 0 Å². The van der Waals surface area contributed by atoms with E-state index in [0.29, 0.717) is 44.9 Å². The van der Waals surface area contributed by atoms with Crippen LogP contribution in [0.5, 0.6) is 0 Å². The standard InChI is InChI=1S/C102H85BN4/c1-100(2,3)78-56-76(57-79(63-78)101(4,5)6)77-61-96-98-97(62-77)107(99-87(71-39-23-13-24-40-71)64-80(102(7,8)9)65-88(99)72-41-25-14-26-42-72)95-67-84(105-92-48-32-31-47-86(92)89-66-83(51-54-93(89)105)104(81-43-27-15-28-44-81)82-45-29-16-30-46-82)50-53-91(95)103(98)90-52-49-73(68-33-17-10-18-34-68)60-94(90)106(96)85-58-74(69-35-19-11-20-36-69)55-75(59-85)70-37-21-12-22-38-70/h10-67H,1-9H3/i10D,15D,17D,18D,27D,28D,31D,32D,33D,34D,43D,44D,47D,48D. The van der Waals surface area contributed by atoms with Crippen LogP contribution in [-0.4, -0.2) is 11.3 Å². The lowest BCUT2D eigenvalue weighted by Gasteiger charge is -2.45. The Labute approximate surface area is 650 Å². The molecule has 0 atom stereocenters. The number of fused-ring (bicyclic) bond motifs is 7. The largest absolute Gasteiger partial charge is 0.311 e. The van der Waals surface area contributed by atoms with Crippen LogP contribution in [0.2, 0.25) is 0 Å². The van der Waals surface area contributed by atoms with E-state index in [2.05, 4.69) is 224 Å². The SMILES string of the molecule is [2H]c1c([2H])c([2H])c(-c2ccc3c(c2)N(c2cc(-c4ccccc4)cc(-c4ccccc4)c2)c2cc(-c4cc(C(C)(C)C)cc(C(C)(C)C)c4)cc4c2B3c2ccc(-n3c5ccc(N(c6ccccc6)c6c([2H])c([2H])c([2H])c([2H])c6[2H])cc5c5c([2H])c([2H])c([2H])c([2H])c53)cc2N4c2c(-c3ccccc3)cc(C(C)(C)C)cc2-c2ccccc2)c([2H])c1[2H]. The van der Waals surface area contributed by atoms with E-state index < -0.39 is 67.1 Å². The van der Waals surface area contributed by atoms with Gasteiger partial charge in [-0.1, -0.05) is 305 Å². The van der Waals surface area contributed by atoms with Gasteiger partial charge in [0.25, 0.3) is 6.71 Å². The van der Waals surface area contributed by atoms with Crippen LogP contribution in [0.3, 0.4) is 0 Å². The first-order chi connectivity index (χ1) is 57.8. The highest BCUT2D eigenvalue weighted by atomic mass is 15.2. The molecule has 0 aliphatic carbocycles. The van der Waals surface area contributed by atoms with Crippen LogP contribution in [0.15, 0.2) is 352 Å². The van der Waals surface area contributed by atoms with Gasteiger partial charge >= 0.3 is 0 Å². The highest BCUT2D eigenvalue weighted by molar-refractivity contribution is 7.00. The summed E-state index contributed by atoms with van der Waals surface area (Å²) < 4.78 is 133. The average molecular weight is 1390 g/mol. The fourth-order valence-corrected chi connectivity index (χ4v) is 15.8. The second-order valence-corrected chi connectivity index (χ2v) is 31.2.